The second-order valence-electron chi connectivity index (χ2n) is 9.11. The molecule has 1 aromatic carbocycles. The lowest BCUT2D eigenvalue weighted by Crippen LogP contribution is -2.45. The molecule has 9 nitrogen and oxygen atoms in total. The standard InChI is InChI=1S/C23H22ClFN6O3/c24-13-7-11-2-1-10(6-15(11)30-19(13)26)5-12-3-4-23(33)17(32)22(34-18(12)23)31-8-14(25)16-20(27)28-9-29-21(16)31/h1-2,6-9,12,17-18,22,32-33H,3-5H2,(H2,26,30)(H2,27,28,29)/t12-,17-,18+,22+,23-/m0/s1. The minimum atomic E-state index is -1.46. The van der Waals surface area contributed by atoms with Gasteiger partial charge in [0.1, 0.15) is 29.7 Å². The van der Waals surface area contributed by atoms with Crippen LogP contribution in [0.1, 0.15) is 24.6 Å². The van der Waals surface area contributed by atoms with Crippen molar-refractivity contribution in [3.63, 3.8) is 0 Å². The lowest BCUT2D eigenvalue weighted by Gasteiger charge is -2.26. The highest BCUT2D eigenvalue weighted by molar-refractivity contribution is 6.33. The second-order valence-corrected chi connectivity index (χ2v) is 9.52. The third-order valence-corrected chi connectivity index (χ3v) is 7.43. The number of ether oxygens (including phenoxy) is 1. The molecule has 1 saturated heterocycles. The van der Waals surface area contributed by atoms with Crippen LogP contribution in [0.4, 0.5) is 16.0 Å². The molecule has 0 bridgehead atoms. The van der Waals surface area contributed by atoms with Crippen LogP contribution in [-0.4, -0.2) is 47.5 Å². The fourth-order valence-electron chi connectivity index (χ4n) is 5.45. The Kier molecular flexibility index (Phi) is 4.72. The number of aliphatic hydroxyl groups is 2. The van der Waals surface area contributed by atoms with Gasteiger partial charge in [-0.2, -0.15) is 0 Å². The lowest BCUT2D eigenvalue weighted by atomic mass is 9.90. The quantitative estimate of drug-likeness (QED) is 0.347. The molecule has 0 unspecified atom stereocenters. The summed E-state index contributed by atoms with van der Waals surface area (Å²) in [7, 11) is 0. The van der Waals surface area contributed by atoms with Crippen molar-refractivity contribution in [2.75, 3.05) is 11.5 Å². The monoisotopic (exact) mass is 484 g/mol. The van der Waals surface area contributed by atoms with Gasteiger partial charge < -0.3 is 31.0 Å². The SMILES string of the molecule is Nc1nc2cc(C[C@@H]3CC[C@@]4(O)[C@@H]3O[C@@H](n3cc(F)c5c(N)ncnc53)[C@@H]4O)ccc2cc1Cl. The van der Waals surface area contributed by atoms with Crippen molar-refractivity contribution in [1.82, 2.24) is 19.5 Å². The molecule has 3 aromatic heterocycles. The number of nitrogens with two attached hydrogens (primary N) is 2. The molecule has 1 saturated carbocycles. The third kappa shape index (κ3) is 3.06. The molecule has 0 amide bonds. The van der Waals surface area contributed by atoms with E-state index in [1.54, 1.807) is 6.07 Å². The lowest BCUT2D eigenvalue weighted by molar-refractivity contribution is -0.0675. The highest BCUT2D eigenvalue weighted by Gasteiger charge is 2.61. The number of nitrogen functional groups attached to an aromatic ring is 2. The van der Waals surface area contributed by atoms with E-state index in [0.717, 1.165) is 16.5 Å². The number of pyridine rings is 1. The zero-order chi connectivity index (χ0) is 23.8. The Morgan fingerprint density at radius 1 is 1.24 bits per heavy atom. The predicted octanol–water partition coefficient (Wildman–Crippen LogP) is 2.58. The van der Waals surface area contributed by atoms with Gasteiger partial charge >= 0.3 is 0 Å². The van der Waals surface area contributed by atoms with Gasteiger partial charge in [0.25, 0.3) is 0 Å². The summed E-state index contributed by atoms with van der Waals surface area (Å²) in [6.07, 6.45) is 1.08. The zero-order valence-electron chi connectivity index (χ0n) is 17.9. The van der Waals surface area contributed by atoms with Crippen LogP contribution >= 0.6 is 11.6 Å². The van der Waals surface area contributed by atoms with Crippen LogP contribution in [-0.2, 0) is 11.2 Å². The molecule has 2 fully saturated rings. The predicted molar refractivity (Wildman–Crippen MR) is 124 cm³/mol. The number of anilines is 2. The Labute approximate surface area is 198 Å². The number of benzene rings is 1. The van der Waals surface area contributed by atoms with Crippen LogP contribution in [0.25, 0.3) is 21.9 Å². The van der Waals surface area contributed by atoms with Crippen LogP contribution in [0.5, 0.6) is 0 Å². The molecule has 6 rings (SSSR count). The number of nitrogens with zero attached hydrogens (tertiary/aromatic N) is 4. The molecular weight excluding hydrogens is 463 g/mol. The van der Waals surface area contributed by atoms with Gasteiger partial charge in [0.15, 0.2) is 17.7 Å². The van der Waals surface area contributed by atoms with E-state index in [9.17, 15) is 14.6 Å². The van der Waals surface area contributed by atoms with Gasteiger partial charge in [-0.3, -0.25) is 0 Å². The molecule has 4 heterocycles. The van der Waals surface area contributed by atoms with E-state index in [4.69, 9.17) is 27.8 Å². The molecular formula is C23H22ClFN6O3. The molecule has 176 valence electrons. The van der Waals surface area contributed by atoms with E-state index in [-0.39, 0.29) is 28.6 Å². The second kappa shape index (κ2) is 7.47. The van der Waals surface area contributed by atoms with Crippen LogP contribution in [0.2, 0.25) is 5.02 Å². The van der Waals surface area contributed by atoms with Gasteiger partial charge in [-0.05, 0) is 42.9 Å². The number of fused-ring (bicyclic) bond motifs is 3. The first kappa shape index (κ1) is 21.5. The van der Waals surface area contributed by atoms with E-state index >= 15 is 0 Å². The summed E-state index contributed by atoms with van der Waals surface area (Å²) in [6, 6.07) is 7.62. The van der Waals surface area contributed by atoms with Crippen molar-refractivity contribution < 1.29 is 19.3 Å². The number of hydrogen-bond donors (Lipinski definition) is 4. The minimum absolute atomic E-state index is 0.00245. The first-order valence-corrected chi connectivity index (χ1v) is 11.3. The highest BCUT2D eigenvalue weighted by Crippen LogP contribution is 2.51. The van der Waals surface area contributed by atoms with Crippen molar-refractivity contribution >= 4 is 45.2 Å². The largest absolute Gasteiger partial charge is 0.385 e. The number of rotatable bonds is 3. The van der Waals surface area contributed by atoms with Crippen LogP contribution in [0, 0.1) is 11.7 Å². The number of hydrogen-bond acceptors (Lipinski definition) is 8. The molecule has 34 heavy (non-hydrogen) atoms. The number of aliphatic hydroxyl groups excluding tert-OH is 1. The molecule has 0 spiro atoms. The molecule has 1 aliphatic carbocycles. The van der Waals surface area contributed by atoms with E-state index in [2.05, 4.69) is 15.0 Å². The van der Waals surface area contributed by atoms with E-state index < -0.39 is 29.9 Å². The van der Waals surface area contributed by atoms with Gasteiger partial charge in [0, 0.05) is 11.6 Å². The van der Waals surface area contributed by atoms with Crippen molar-refractivity contribution in [2.45, 2.75) is 43.3 Å². The summed E-state index contributed by atoms with van der Waals surface area (Å²) >= 11 is 6.07. The van der Waals surface area contributed by atoms with Gasteiger partial charge in [-0.15, -0.1) is 0 Å². The summed E-state index contributed by atoms with van der Waals surface area (Å²) in [4.78, 5) is 12.3. The van der Waals surface area contributed by atoms with Crippen LogP contribution in [0.3, 0.4) is 0 Å². The summed E-state index contributed by atoms with van der Waals surface area (Å²) in [6.45, 7) is 0. The summed E-state index contributed by atoms with van der Waals surface area (Å²) in [5.41, 5.74) is 12.1. The Morgan fingerprint density at radius 2 is 2.06 bits per heavy atom. The smallest absolute Gasteiger partial charge is 0.164 e. The Bertz CT molecular complexity index is 1450. The first-order chi connectivity index (χ1) is 16.3. The van der Waals surface area contributed by atoms with Crippen molar-refractivity contribution in [2.24, 2.45) is 5.92 Å². The first-order valence-electron chi connectivity index (χ1n) is 10.9. The Balaban J connectivity index is 1.31. The molecule has 2 aliphatic rings. The fraction of sp³-hybridized carbons (Fsp3) is 0.348. The van der Waals surface area contributed by atoms with Crippen molar-refractivity contribution in [3.05, 3.63) is 53.2 Å². The van der Waals surface area contributed by atoms with Crippen LogP contribution < -0.4 is 11.5 Å². The Hall–Kier alpha value is -3.05. The fourth-order valence-corrected chi connectivity index (χ4v) is 5.61. The number of aromatic nitrogens is 4. The molecule has 1 aliphatic heterocycles. The topological polar surface area (TPSA) is 145 Å². The molecule has 0 radical (unpaired) electrons. The van der Waals surface area contributed by atoms with Gasteiger partial charge in [0.05, 0.1) is 22.0 Å². The zero-order valence-corrected chi connectivity index (χ0v) is 18.7. The van der Waals surface area contributed by atoms with Crippen LogP contribution in [0.15, 0.2) is 36.8 Å². The van der Waals surface area contributed by atoms with E-state index in [0.29, 0.717) is 24.3 Å². The molecule has 6 N–H and O–H groups in total. The minimum Gasteiger partial charge on any atom is -0.385 e. The maximum Gasteiger partial charge on any atom is 0.164 e. The normalized spacial score (nSPS) is 28.7. The molecule has 4 aromatic rings. The summed E-state index contributed by atoms with van der Waals surface area (Å²) in [5, 5.41) is 23.8. The van der Waals surface area contributed by atoms with Crippen molar-refractivity contribution in [1.29, 1.82) is 0 Å². The van der Waals surface area contributed by atoms with E-state index in [1.165, 1.54) is 17.1 Å². The maximum absolute atomic E-state index is 14.6. The number of halogens is 2. The third-order valence-electron chi connectivity index (χ3n) is 7.13. The molecule has 5 atom stereocenters. The summed E-state index contributed by atoms with van der Waals surface area (Å²) in [5.74, 6) is -0.426. The maximum atomic E-state index is 14.6. The van der Waals surface area contributed by atoms with Crippen molar-refractivity contribution in [3.8, 4) is 0 Å². The summed E-state index contributed by atoms with van der Waals surface area (Å²) < 4.78 is 22.2. The van der Waals surface area contributed by atoms with Gasteiger partial charge in [0.2, 0.25) is 0 Å². The average molecular weight is 485 g/mol. The van der Waals surface area contributed by atoms with Gasteiger partial charge in [-0.25, -0.2) is 19.3 Å². The average Bonchev–Trinajstić information content (AvgIpc) is 3.39. The Morgan fingerprint density at radius 3 is 2.88 bits per heavy atom. The van der Waals surface area contributed by atoms with Gasteiger partial charge in [-0.1, -0.05) is 23.7 Å². The highest BCUT2D eigenvalue weighted by atomic mass is 35.5. The molecule has 11 heteroatoms. The van der Waals surface area contributed by atoms with E-state index in [1.807, 2.05) is 18.2 Å².